The van der Waals surface area contributed by atoms with Crippen LogP contribution in [0.25, 0.3) is 10.9 Å². The zero-order chi connectivity index (χ0) is 15.7. The fourth-order valence-electron chi connectivity index (χ4n) is 2.29. The molecule has 3 N–H and O–H groups in total. The molecule has 9 nitrogen and oxygen atoms in total. The van der Waals surface area contributed by atoms with Gasteiger partial charge in [0.15, 0.2) is 0 Å². The Morgan fingerprint density at radius 1 is 1.32 bits per heavy atom. The van der Waals surface area contributed by atoms with Crippen LogP contribution in [-0.2, 0) is 11.3 Å². The van der Waals surface area contributed by atoms with E-state index >= 15 is 0 Å². The number of urea groups is 1. The van der Waals surface area contributed by atoms with Gasteiger partial charge in [-0.15, -0.1) is 5.10 Å². The molecule has 9 heteroatoms. The molecule has 0 spiro atoms. The molecule has 2 heterocycles. The molecule has 1 saturated heterocycles. The minimum absolute atomic E-state index is 0.149. The number of hydrogen-bond acceptors (Lipinski definition) is 5. The number of nitrogens with one attached hydrogen (secondary N) is 1. The Labute approximate surface area is 124 Å². The van der Waals surface area contributed by atoms with Gasteiger partial charge in [0.05, 0.1) is 11.4 Å². The summed E-state index contributed by atoms with van der Waals surface area (Å²) in [6, 6.07) is 6.14. The molecule has 1 fully saturated rings. The van der Waals surface area contributed by atoms with E-state index in [1.165, 1.54) is 4.90 Å². The molecule has 3 rings (SSSR count). The van der Waals surface area contributed by atoms with Crippen molar-refractivity contribution in [2.75, 3.05) is 13.1 Å². The van der Waals surface area contributed by atoms with Crippen LogP contribution in [0.3, 0.4) is 0 Å². The van der Waals surface area contributed by atoms with Crippen molar-refractivity contribution in [2.45, 2.75) is 12.6 Å². The molecule has 0 aliphatic carbocycles. The van der Waals surface area contributed by atoms with Crippen LogP contribution in [0.4, 0.5) is 4.79 Å². The Bertz CT molecular complexity index is 796. The summed E-state index contributed by atoms with van der Waals surface area (Å²) in [5, 5.41) is 10.8. The fraction of sp³-hybridized carbons (Fsp3) is 0.308. The van der Waals surface area contributed by atoms with E-state index < -0.39 is 6.03 Å². The Hall–Kier alpha value is -2.97. The largest absolute Gasteiger partial charge is 0.351 e. The van der Waals surface area contributed by atoms with Gasteiger partial charge >= 0.3 is 6.03 Å². The van der Waals surface area contributed by atoms with E-state index in [9.17, 15) is 14.4 Å². The van der Waals surface area contributed by atoms with Crippen LogP contribution in [0, 0.1) is 0 Å². The van der Waals surface area contributed by atoms with Gasteiger partial charge in [0, 0.05) is 13.1 Å². The Kier molecular flexibility index (Phi) is 3.45. The number of amides is 3. The molecule has 114 valence electrons. The second-order valence-electron chi connectivity index (χ2n) is 5.08. The van der Waals surface area contributed by atoms with Crippen molar-refractivity contribution in [2.24, 2.45) is 5.73 Å². The molecule has 0 saturated carbocycles. The number of primary amides is 1. The quantitative estimate of drug-likeness (QED) is 0.727. The number of nitrogens with two attached hydrogens (primary N) is 1. The first-order valence-electron chi connectivity index (χ1n) is 6.71. The van der Waals surface area contributed by atoms with Gasteiger partial charge in [0.1, 0.15) is 12.1 Å². The predicted octanol–water partition coefficient (Wildman–Crippen LogP) is -1.33. The highest BCUT2D eigenvalue weighted by Gasteiger charge is 2.30. The van der Waals surface area contributed by atoms with Crippen molar-refractivity contribution in [3.8, 4) is 0 Å². The van der Waals surface area contributed by atoms with E-state index in [-0.39, 0.29) is 24.1 Å². The van der Waals surface area contributed by atoms with Crippen LogP contribution in [0.2, 0.25) is 0 Å². The van der Waals surface area contributed by atoms with E-state index in [2.05, 4.69) is 15.6 Å². The third-order valence-corrected chi connectivity index (χ3v) is 3.48. The number of carbonyl (C=O) groups excluding carboxylic acids is 2. The van der Waals surface area contributed by atoms with Gasteiger partial charge in [-0.3, -0.25) is 9.59 Å². The van der Waals surface area contributed by atoms with Crippen molar-refractivity contribution in [1.82, 2.24) is 25.2 Å². The van der Waals surface area contributed by atoms with Crippen molar-refractivity contribution >= 4 is 22.8 Å². The highest BCUT2D eigenvalue weighted by molar-refractivity contribution is 5.79. The smallest absolute Gasteiger partial charge is 0.314 e. The van der Waals surface area contributed by atoms with Crippen LogP contribution in [0.5, 0.6) is 0 Å². The number of carbonyl (C=O) groups is 2. The maximum atomic E-state index is 12.2. The molecule has 1 aromatic heterocycles. The summed E-state index contributed by atoms with van der Waals surface area (Å²) in [7, 11) is 0. The summed E-state index contributed by atoms with van der Waals surface area (Å²) in [5.74, 6) is -0.360. The number of benzene rings is 1. The fourth-order valence-corrected chi connectivity index (χ4v) is 2.29. The summed E-state index contributed by atoms with van der Waals surface area (Å²) in [4.78, 5) is 36.3. The molecule has 1 aliphatic rings. The average Bonchev–Trinajstić information content (AvgIpc) is 2.45. The number of nitrogens with zero attached hydrogens (tertiary/aromatic N) is 4. The highest BCUT2D eigenvalue weighted by Crippen LogP contribution is 2.06. The zero-order valence-corrected chi connectivity index (χ0v) is 11.6. The van der Waals surface area contributed by atoms with Crippen LogP contribution in [-0.4, -0.2) is 51.0 Å². The first-order chi connectivity index (χ1) is 10.5. The van der Waals surface area contributed by atoms with Gasteiger partial charge in [0.2, 0.25) is 5.91 Å². The summed E-state index contributed by atoms with van der Waals surface area (Å²) in [6.07, 6.45) is 0. The lowest BCUT2D eigenvalue weighted by Gasteiger charge is -2.38. The van der Waals surface area contributed by atoms with Crippen molar-refractivity contribution in [3.63, 3.8) is 0 Å². The first kappa shape index (κ1) is 14.0. The van der Waals surface area contributed by atoms with Crippen LogP contribution in [0.1, 0.15) is 0 Å². The number of rotatable bonds is 3. The van der Waals surface area contributed by atoms with Gasteiger partial charge < -0.3 is 16.0 Å². The molecular formula is C13H14N6O3. The minimum atomic E-state index is -0.512. The lowest BCUT2D eigenvalue weighted by molar-refractivity contribution is -0.123. The Morgan fingerprint density at radius 3 is 2.77 bits per heavy atom. The summed E-state index contributed by atoms with van der Waals surface area (Å²) >= 11 is 0. The number of aromatic nitrogens is 3. The molecule has 3 amide bonds. The lowest BCUT2D eigenvalue weighted by Crippen LogP contribution is -2.62. The maximum absolute atomic E-state index is 12.2. The first-order valence-corrected chi connectivity index (χ1v) is 6.71. The molecule has 0 bridgehead atoms. The predicted molar refractivity (Wildman–Crippen MR) is 76.9 cm³/mol. The molecule has 0 atom stereocenters. The highest BCUT2D eigenvalue weighted by atomic mass is 16.2. The number of likely N-dealkylation sites (tertiary alicyclic amines) is 1. The average molecular weight is 302 g/mol. The summed E-state index contributed by atoms with van der Waals surface area (Å²) in [5.41, 5.74) is 5.22. The monoisotopic (exact) mass is 302 g/mol. The lowest BCUT2D eigenvalue weighted by atomic mass is 10.1. The van der Waals surface area contributed by atoms with Crippen LogP contribution in [0.15, 0.2) is 29.1 Å². The number of hydrogen-bond donors (Lipinski definition) is 2. The van der Waals surface area contributed by atoms with E-state index in [1.807, 2.05) is 0 Å². The van der Waals surface area contributed by atoms with Crippen LogP contribution >= 0.6 is 0 Å². The van der Waals surface area contributed by atoms with Gasteiger partial charge in [-0.25, -0.2) is 9.48 Å². The topological polar surface area (TPSA) is 123 Å². The van der Waals surface area contributed by atoms with Crippen LogP contribution < -0.4 is 16.6 Å². The van der Waals surface area contributed by atoms with Gasteiger partial charge in [-0.05, 0) is 12.1 Å². The zero-order valence-electron chi connectivity index (χ0n) is 11.6. The van der Waals surface area contributed by atoms with Crippen molar-refractivity contribution in [3.05, 3.63) is 34.6 Å². The molecule has 22 heavy (non-hydrogen) atoms. The van der Waals surface area contributed by atoms with Gasteiger partial charge in [-0.2, -0.15) is 0 Å². The van der Waals surface area contributed by atoms with E-state index in [4.69, 9.17) is 5.73 Å². The van der Waals surface area contributed by atoms with Crippen molar-refractivity contribution in [1.29, 1.82) is 0 Å². The van der Waals surface area contributed by atoms with Gasteiger partial charge in [0.25, 0.3) is 5.56 Å². The van der Waals surface area contributed by atoms with E-state index in [0.717, 1.165) is 4.68 Å². The van der Waals surface area contributed by atoms with E-state index in [0.29, 0.717) is 24.0 Å². The second kappa shape index (κ2) is 5.43. The standard InChI is InChI=1S/C13H14N6O3/c14-13(22)18-5-8(6-18)15-11(20)7-19-12(21)9-3-1-2-4-10(9)16-17-19/h1-4,8H,5-7H2,(H2,14,22)(H,15,20). The Morgan fingerprint density at radius 2 is 2.05 bits per heavy atom. The second-order valence-corrected chi connectivity index (χ2v) is 5.08. The normalized spacial score (nSPS) is 14.6. The summed E-state index contributed by atoms with van der Waals surface area (Å²) in [6.45, 7) is 0.530. The van der Waals surface area contributed by atoms with E-state index in [1.54, 1.807) is 24.3 Å². The minimum Gasteiger partial charge on any atom is -0.351 e. The molecule has 0 radical (unpaired) electrons. The number of fused-ring (bicyclic) bond motifs is 1. The third-order valence-electron chi connectivity index (χ3n) is 3.48. The summed E-state index contributed by atoms with van der Waals surface area (Å²) < 4.78 is 1.02. The molecular weight excluding hydrogens is 288 g/mol. The molecule has 0 unspecified atom stereocenters. The van der Waals surface area contributed by atoms with Gasteiger partial charge in [-0.1, -0.05) is 17.3 Å². The molecule has 1 aromatic carbocycles. The Balaban J connectivity index is 1.66. The molecule has 2 aromatic rings. The maximum Gasteiger partial charge on any atom is 0.314 e. The third kappa shape index (κ3) is 2.60. The SMILES string of the molecule is NC(=O)N1CC(NC(=O)Cn2nnc3ccccc3c2=O)C1. The molecule has 1 aliphatic heterocycles. The van der Waals surface area contributed by atoms with Crippen molar-refractivity contribution < 1.29 is 9.59 Å².